The zero-order valence-corrected chi connectivity index (χ0v) is 17.6. The van der Waals surface area contributed by atoms with Crippen molar-refractivity contribution < 1.29 is 26.7 Å². The number of halogens is 6. The minimum absolute atomic E-state index is 0.0573. The van der Waals surface area contributed by atoms with Gasteiger partial charge in [0.05, 0.1) is 11.6 Å². The van der Waals surface area contributed by atoms with Gasteiger partial charge in [-0.15, -0.1) is 0 Å². The van der Waals surface area contributed by atoms with Crippen molar-refractivity contribution in [3.63, 3.8) is 0 Å². The number of carbonyl (C=O) groups is 1. The van der Waals surface area contributed by atoms with Crippen molar-refractivity contribution in [3.8, 4) is 11.3 Å². The van der Waals surface area contributed by atoms with E-state index in [9.17, 15) is 26.7 Å². The number of hydrogen-bond acceptors (Lipinski definition) is 4. The molecule has 0 spiro atoms. The summed E-state index contributed by atoms with van der Waals surface area (Å²) >= 11 is 5.74. The Morgan fingerprint density at radius 1 is 1.15 bits per heavy atom. The van der Waals surface area contributed by atoms with Crippen molar-refractivity contribution in [2.45, 2.75) is 25.3 Å². The average Bonchev–Trinajstić information content (AvgIpc) is 3.12. The summed E-state index contributed by atoms with van der Waals surface area (Å²) in [5, 5.41) is 2.96. The SMILES string of the molecule is NC(C(=O)N1CCn2c(nc(-c3cccc(F)c3)c2Nc2ccc(Cl)c(F)c2)C1)C(F)(F)F. The van der Waals surface area contributed by atoms with Crippen LogP contribution in [0.3, 0.4) is 0 Å². The second kappa shape index (κ2) is 8.64. The third kappa shape index (κ3) is 4.64. The van der Waals surface area contributed by atoms with E-state index in [4.69, 9.17) is 17.3 Å². The van der Waals surface area contributed by atoms with Crippen molar-refractivity contribution in [2.75, 3.05) is 11.9 Å². The van der Waals surface area contributed by atoms with Gasteiger partial charge in [0.15, 0.2) is 6.04 Å². The van der Waals surface area contributed by atoms with Crippen molar-refractivity contribution in [1.29, 1.82) is 0 Å². The van der Waals surface area contributed by atoms with E-state index in [2.05, 4.69) is 10.3 Å². The largest absolute Gasteiger partial charge is 0.412 e. The van der Waals surface area contributed by atoms with Gasteiger partial charge in [-0.25, -0.2) is 13.8 Å². The molecular weight excluding hydrogens is 469 g/mol. The number of imidazole rings is 1. The Labute approximate surface area is 189 Å². The number of carbonyl (C=O) groups excluding carboxylic acids is 1. The van der Waals surface area contributed by atoms with Crippen LogP contribution in [0, 0.1) is 11.6 Å². The maximum Gasteiger partial charge on any atom is 0.412 e. The summed E-state index contributed by atoms with van der Waals surface area (Å²) in [6.07, 6.45) is -4.87. The maximum atomic E-state index is 13.9. The molecule has 1 aromatic heterocycles. The van der Waals surface area contributed by atoms with Crippen LogP contribution in [-0.4, -0.2) is 39.1 Å². The monoisotopic (exact) mass is 485 g/mol. The lowest BCUT2D eigenvalue weighted by Crippen LogP contribution is -2.53. The molecule has 1 aliphatic rings. The first-order valence-electron chi connectivity index (χ1n) is 9.73. The predicted molar refractivity (Wildman–Crippen MR) is 112 cm³/mol. The molecule has 1 aliphatic heterocycles. The first-order valence-corrected chi connectivity index (χ1v) is 10.1. The topological polar surface area (TPSA) is 76.2 Å². The van der Waals surface area contributed by atoms with Crippen molar-refractivity contribution in [3.05, 3.63) is 64.9 Å². The number of anilines is 2. The molecule has 1 amide bonds. The number of aromatic nitrogens is 2. The number of fused-ring (bicyclic) bond motifs is 1. The fourth-order valence-electron chi connectivity index (χ4n) is 3.53. The van der Waals surface area contributed by atoms with Crippen LogP contribution in [0.2, 0.25) is 5.02 Å². The molecule has 0 saturated carbocycles. The molecule has 0 aliphatic carbocycles. The zero-order valence-electron chi connectivity index (χ0n) is 16.8. The number of nitrogens with one attached hydrogen (secondary N) is 1. The standard InChI is InChI=1S/C21H17ClF5N5O/c22-14-5-4-13(9-15(14)24)29-19-17(11-2-1-3-12(23)8-11)30-16-10-31(6-7-32(16)19)20(33)18(28)21(25,26)27/h1-5,8-9,18,29H,6-7,10,28H2. The summed E-state index contributed by atoms with van der Waals surface area (Å²) in [4.78, 5) is 17.7. The molecule has 12 heteroatoms. The summed E-state index contributed by atoms with van der Waals surface area (Å²) in [6.45, 7) is -0.202. The molecular formula is C21H17ClF5N5O. The van der Waals surface area contributed by atoms with Crippen LogP contribution >= 0.6 is 11.6 Å². The summed E-state index contributed by atoms with van der Waals surface area (Å²) in [7, 11) is 0. The second-order valence-electron chi connectivity index (χ2n) is 7.42. The van der Waals surface area contributed by atoms with Gasteiger partial charge < -0.3 is 20.5 Å². The van der Waals surface area contributed by atoms with Crippen LogP contribution < -0.4 is 11.1 Å². The normalized spacial score (nSPS) is 14.7. The van der Waals surface area contributed by atoms with Crippen molar-refractivity contribution >= 4 is 29.0 Å². The minimum atomic E-state index is -4.87. The number of rotatable bonds is 4. The van der Waals surface area contributed by atoms with Crippen LogP contribution in [-0.2, 0) is 17.9 Å². The molecule has 3 N–H and O–H groups in total. The highest BCUT2D eigenvalue weighted by molar-refractivity contribution is 6.30. The molecule has 174 valence electrons. The lowest BCUT2D eigenvalue weighted by atomic mass is 10.1. The minimum Gasteiger partial charge on any atom is -0.340 e. The Morgan fingerprint density at radius 2 is 1.91 bits per heavy atom. The highest BCUT2D eigenvalue weighted by Gasteiger charge is 2.44. The van der Waals surface area contributed by atoms with E-state index in [0.29, 0.717) is 17.1 Å². The Hall–Kier alpha value is -3.18. The maximum absolute atomic E-state index is 13.9. The molecule has 3 aromatic rings. The highest BCUT2D eigenvalue weighted by Crippen LogP contribution is 2.34. The van der Waals surface area contributed by atoms with Crippen LogP contribution in [0.5, 0.6) is 0 Å². The third-order valence-electron chi connectivity index (χ3n) is 5.18. The number of amides is 1. The van der Waals surface area contributed by atoms with Gasteiger partial charge in [-0.1, -0.05) is 23.7 Å². The summed E-state index contributed by atoms with van der Waals surface area (Å²) in [5.41, 5.74) is 6.08. The van der Waals surface area contributed by atoms with E-state index in [-0.39, 0.29) is 36.2 Å². The first kappa shape index (κ1) is 23.0. The molecule has 0 saturated heterocycles. The van der Waals surface area contributed by atoms with E-state index in [1.54, 1.807) is 10.6 Å². The summed E-state index contributed by atoms with van der Waals surface area (Å²) in [6, 6.07) is 6.98. The Morgan fingerprint density at radius 3 is 2.58 bits per heavy atom. The molecule has 1 atom stereocenters. The Bertz CT molecular complexity index is 1210. The van der Waals surface area contributed by atoms with E-state index in [0.717, 1.165) is 4.90 Å². The Kier molecular flexibility index (Phi) is 6.02. The quantitative estimate of drug-likeness (QED) is 0.535. The van der Waals surface area contributed by atoms with Crippen molar-refractivity contribution in [1.82, 2.24) is 14.5 Å². The van der Waals surface area contributed by atoms with Gasteiger partial charge in [-0.3, -0.25) is 4.79 Å². The van der Waals surface area contributed by atoms with E-state index in [1.807, 2.05) is 0 Å². The number of nitrogens with zero attached hydrogens (tertiary/aromatic N) is 3. The van der Waals surface area contributed by atoms with Crippen LogP contribution in [0.15, 0.2) is 42.5 Å². The van der Waals surface area contributed by atoms with Gasteiger partial charge in [0.2, 0.25) is 5.91 Å². The molecule has 0 bridgehead atoms. The molecule has 33 heavy (non-hydrogen) atoms. The highest BCUT2D eigenvalue weighted by atomic mass is 35.5. The molecule has 2 heterocycles. The molecule has 2 aromatic carbocycles. The average molecular weight is 486 g/mol. The lowest BCUT2D eigenvalue weighted by Gasteiger charge is -2.31. The van der Waals surface area contributed by atoms with Crippen LogP contribution in [0.25, 0.3) is 11.3 Å². The van der Waals surface area contributed by atoms with E-state index < -0.39 is 29.8 Å². The zero-order chi connectivity index (χ0) is 23.9. The number of hydrogen-bond donors (Lipinski definition) is 2. The van der Waals surface area contributed by atoms with Crippen molar-refractivity contribution in [2.24, 2.45) is 5.73 Å². The van der Waals surface area contributed by atoms with Crippen LogP contribution in [0.4, 0.5) is 33.5 Å². The number of nitrogens with two attached hydrogens (primary N) is 1. The molecule has 0 fully saturated rings. The summed E-state index contributed by atoms with van der Waals surface area (Å²) in [5.74, 6) is -1.82. The fourth-order valence-corrected chi connectivity index (χ4v) is 3.65. The smallest absolute Gasteiger partial charge is 0.340 e. The fraction of sp³-hybridized carbons (Fsp3) is 0.238. The lowest BCUT2D eigenvalue weighted by molar-refractivity contribution is -0.171. The van der Waals surface area contributed by atoms with Crippen LogP contribution in [0.1, 0.15) is 5.82 Å². The molecule has 1 unspecified atom stereocenters. The predicted octanol–water partition coefficient (Wildman–Crippen LogP) is 4.46. The summed E-state index contributed by atoms with van der Waals surface area (Å²) < 4.78 is 68.2. The Balaban J connectivity index is 1.73. The van der Waals surface area contributed by atoms with Gasteiger partial charge >= 0.3 is 6.18 Å². The number of alkyl halides is 3. The van der Waals surface area contributed by atoms with Gasteiger partial charge in [-0.05, 0) is 30.3 Å². The van der Waals surface area contributed by atoms with Gasteiger partial charge in [0.25, 0.3) is 0 Å². The first-order chi connectivity index (χ1) is 15.5. The second-order valence-corrected chi connectivity index (χ2v) is 7.83. The number of benzene rings is 2. The third-order valence-corrected chi connectivity index (χ3v) is 5.49. The van der Waals surface area contributed by atoms with Gasteiger partial charge in [-0.2, -0.15) is 13.2 Å². The molecule has 0 radical (unpaired) electrons. The van der Waals surface area contributed by atoms with Gasteiger partial charge in [0, 0.05) is 24.3 Å². The molecule has 6 nitrogen and oxygen atoms in total. The molecule has 4 rings (SSSR count). The van der Waals surface area contributed by atoms with E-state index in [1.165, 1.54) is 36.4 Å². The van der Waals surface area contributed by atoms with Gasteiger partial charge in [0.1, 0.15) is 29.0 Å². The van der Waals surface area contributed by atoms with E-state index >= 15 is 0 Å².